The number of nitrogens with zero attached hydrogens (tertiary/aromatic N) is 1. The SMILES string of the molecule is CC1CCN(CC2CCC2)CC1. The third-order valence-electron chi connectivity index (χ3n) is 3.62. The summed E-state index contributed by atoms with van der Waals surface area (Å²) in [6.07, 6.45) is 7.38. The van der Waals surface area contributed by atoms with E-state index in [2.05, 4.69) is 11.8 Å². The fraction of sp³-hybridized carbons (Fsp3) is 1.00. The Bertz CT molecular complexity index is 132. The predicted molar refractivity (Wildman–Crippen MR) is 52.2 cm³/mol. The molecule has 0 bridgehead atoms. The lowest BCUT2D eigenvalue weighted by Crippen LogP contribution is -2.38. The third-order valence-corrected chi connectivity index (χ3v) is 3.62. The van der Waals surface area contributed by atoms with Crippen LogP contribution in [-0.2, 0) is 0 Å². The summed E-state index contributed by atoms with van der Waals surface area (Å²) >= 11 is 0. The molecule has 0 radical (unpaired) electrons. The maximum absolute atomic E-state index is 2.68. The van der Waals surface area contributed by atoms with Crippen LogP contribution in [0.1, 0.15) is 39.0 Å². The average molecular weight is 167 g/mol. The van der Waals surface area contributed by atoms with Crippen molar-refractivity contribution in [3.8, 4) is 0 Å². The van der Waals surface area contributed by atoms with Gasteiger partial charge in [0, 0.05) is 6.54 Å². The van der Waals surface area contributed by atoms with Crippen LogP contribution in [0.25, 0.3) is 0 Å². The van der Waals surface area contributed by atoms with E-state index in [1.54, 1.807) is 0 Å². The minimum absolute atomic E-state index is 0.989. The summed E-state index contributed by atoms with van der Waals surface area (Å²) in [6, 6.07) is 0. The van der Waals surface area contributed by atoms with Crippen LogP contribution in [0, 0.1) is 11.8 Å². The van der Waals surface area contributed by atoms with Crippen molar-refractivity contribution in [1.29, 1.82) is 0 Å². The molecule has 2 fully saturated rings. The van der Waals surface area contributed by atoms with E-state index in [-0.39, 0.29) is 0 Å². The standard InChI is InChI=1S/C11H21N/c1-10-5-7-12(8-6-10)9-11-3-2-4-11/h10-11H,2-9H2,1H3. The highest BCUT2D eigenvalue weighted by molar-refractivity contribution is 4.76. The van der Waals surface area contributed by atoms with Gasteiger partial charge in [-0.05, 0) is 50.6 Å². The first-order valence-electron chi connectivity index (χ1n) is 5.57. The van der Waals surface area contributed by atoms with Gasteiger partial charge in [0.25, 0.3) is 0 Å². The van der Waals surface area contributed by atoms with E-state index in [1.165, 1.54) is 51.7 Å². The summed E-state index contributed by atoms with van der Waals surface area (Å²) in [7, 11) is 0. The van der Waals surface area contributed by atoms with Crippen LogP contribution in [0.3, 0.4) is 0 Å². The van der Waals surface area contributed by atoms with Gasteiger partial charge in [-0.15, -0.1) is 0 Å². The summed E-state index contributed by atoms with van der Waals surface area (Å²) in [5.74, 6) is 2.06. The van der Waals surface area contributed by atoms with Crippen molar-refractivity contribution >= 4 is 0 Å². The van der Waals surface area contributed by atoms with Crippen LogP contribution in [0.15, 0.2) is 0 Å². The van der Waals surface area contributed by atoms with Crippen molar-refractivity contribution in [3.05, 3.63) is 0 Å². The highest BCUT2D eigenvalue weighted by atomic mass is 15.1. The molecule has 0 unspecified atom stereocenters. The first-order valence-corrected chi connectivity index (χ1v) is 5.57. The van der Waals surface area contributed by atoms with Crippen LogP contribution in [0.5, 0.6) is 0 Å². The van der Waals surface area contributed by atoms with Gasteiger partial charge in [0.15, 0.2) is 0 Å². The Hall–Kier alpha value is -0.0400. The molecule has 1 heterocycles. The van der Waals surface area contributed by atoms with E-state index < -0.39 is 0 Å². The molecule has 1 saturated carbocycles. The average Bonchev–Trinajstić information content (AvgIpc) is 2.00. The molecule has 0 aromatic rings. The number of rotatable bonds is 2. The van der Waals surface area contributed by atoms with Gasteiger partial charge < -0.3 is 4.90 Å². The van der Waals surface area contributed by atoms with Crippen molar-refractivity contribution in [2.24, 2.45) is 11.8 Å². The topological polar surface area (TPSA) is 3.24 Å². The Morgan fingerprint density at radius 3 is 2.25 bits per heavy atom. The zero-order valence-electron chi connectivity index (χ0n) is 8.26. The number of hydrogen-bond donors (Lipinski definition) is 0. The Morgan fingerprint density at radius 2 is 1.75 bits per heavy atom. The van der Waals surface area contributed by atoms with Crippen LogP contribution >= 0.6 is 0 Å². The molecular weight excluding hydrogens is 146 g/mol. The highest BCUT2D eigenvalue weighted by Crippen LogP contribution is 2.28. The first kappa shape index (κ1) is 8.55. The molecule has 0 N–H and O–H groups in total. The summed E-state index contributed by atoms with van der Waals surface area (Å²) in [6.45, 7) is 6.54. The van der Waals surface area contributed by atoms with E-state index in [0.717, 1.165) is 11.8 Å². The molecule has 0 amide bonds. The first-order chi connectivity index (χ1) is 5.84. The van der Waals surface area contributed by atoms with Crippen molar-refractivity contribution < 1.29 is 0 Å². The molecule has 0 spiro atoms. The largest absolute Gasteiger partial charge is 0.303 e. The molecule has 2 aliphatic rings. The van der Waals surface area contributed by atoms with E-state index in [4.69, 9.17) is 0 Å². The summed E-state index contributed by atoms with van der Waals surface area (Å²) in [5, 5.41) is 0. The minimum atomic E-state index is 0.989. The van der Waals surface area contributed by atoms with Gasteiger partial charge in [0.05, 0.1) is 0 Å². The van der Waals surface area contributed by atoms with E-state index >= 15 is 0 Å². The van der Waals surface area contributed by atoms with Crippen LogP contribution in [0.4, 0.5) is 0 Å². The van der Waals surface area contributed by atoms with Gasteiger partial charge in [-0.2, -0.15) is 0 Å². The van der Waals surface area contributed by atoms with Crippen molar-refractivity contribution in [2.75, 3.05) is 19.6 Å². The quantitative estimate of drug-likeness (QED) is 0.611. The van der Waals surface area contributed by atoms with Crippen molar-refractivity contribution in [3.63, 3.8) is 0 Å². The van der Waals surface area contributed by atoms with Gasteiger partial charge in [0.1, 0.15) is 0 Å². The molecule has 1 nitrogen and oxygen atoms in total. The highest BCUT2D eigenvalue weighted by Gasteiger charge is 2.22. The molecular formula is C11H21N. The van der Waals surface area contributed by atoms with E-state index in [9.17, 15) is 0 Å². The van der Waals surface area contributed by atoms with Crippen molar-refractivity contribution in [1.82, 2.24) is 4.90 Å². The lowest BCUT2D eigenvalue weighted by Gasteiger charge is -2.36. The second-order valence-corrected chi connectivity index (χ2v) is 4.78. The number of piperidine rings is 1. The summed E-state index contributed by atoms with van der Waals surface area (Å²) < 4.78 is 0. The molecule has 0 atom stereocenters. The molecule has 1 aliphatic heterocycles. The fourth-order valence-corrected chi connectivity index (χ4v) is 2.29. The molecule has 0 aromatic carbocycles. The number of likely N-dealkylation sites (tertiary alicyclic amines) is 1. The van der Waals surface area contributed by atoms with Crippen LogP contribution in [-0.4, -0.2) is 24.5 Å². The second kappa shape index (κ2) is 3.78. The Morgan fingerprint density at radius 1 is 1.08 bits per heavy atom. The minimum Gasteiger partial charge on any atom is -0.303 e. The number of hydrogen-bond acceptors (Lipinski definition) is 1. The second-order valence-electron chi connectivity index (χ2n) is 4.78. The maximum atomic E-state index is 2.68. The Balaban J connectivity index is 1.67. The predicted octanol–water partition coefficient (Wildman–Crippen LogP) is 2.52. The molecule has 1 aliphatic carbocycles. The summed E-state index contributed by atoms with van der Waals surface area (Å²) in [4.78, 5) is 2.68. The van der Waals surface area contributed by atoms with Gasteiger partial charge in [-0.1, -0.05) is 13.3 Å². The van der Waals surface area contributed by atoms with E-state index in [0.29, 0.717) is 0 Å². The fourth-order valence-electron chi connectivity index (χ4n) is 2.29. The molecule has 0 aromatic heterocycles. The lowest BCUT2D eigenvalue weighted by atomic mass is 9.84. The lowest BCUT2D eigenvalue weighted by molar-refractivity contribution is 0.136. The molecule has 70 valence electrons. The molecule has 2 rings (SSSR count). The van der Waals surface area contributed by atoms with Gasteiger partial charge >= 0.3 is 0 Å². The third kappa shape index (κ3) is 2.01. The van der Waals surface area contributed by atoms with Crippen LogP contribution < -0.4 is 0 Å². The zero-order valence-corrected chi connectivity index (χ0v) is 8.26. The maximum Gasteiger partial charge on any atom is 0.000966 e. The Kier molecular flexibility index (Phi) is 2.69. The zero-order chi connectivity index (χ0) is 8.39. The normalized spacial score (nSPS) is 28.8. The van der Waals surface area contributed by atoms with Gasteiger partial charge in [-0.3, -0.25) is 0 Å². The van der Waals surface area contributed by atoms with Gasteiger partial charge in [0.2, 0.25) is 0 Å². The Labute approximate surface area is 76.1 Å². The van der Waals surface area contributed by atoms with Gasteiger partial charge in [-0.25, -0.2) is 0 Å². The molecule has 1 heteroatoms. The smallest absolute Gasteiger partial charge is 0.000966 e. The van der Waals surface area contributed by atoms with Crippen molar-refractivity contribution in [2.45, 2.75) is 39.0 Å². The monoisotopic (exact) mass is 167 g/mol. The molecule has 12 heavy (non-hydrogen) atoms. The van der Waals surface area contributed by atoms with Crippen LogP contribution in [0.2, 0.25) is 0 Å². The van der Waals surface area contributed by atoms with E-state index in [1.807, 2.05) is 0 Å². The summed E-state index contributed by atoms with van der Waals surface area (Å²) in [5.41, 5.74) is 0. The molecule has 1 saturated heterocycles.